The van der Waals surface area contributed by atoms with Crippen molar-refractivity contribution in [2.24, 2.45) is 5.92 Å². The monoisotopic (exact) mass is 258 g/mol. The Morgan fingerprint density at radius 2 is 1.89 bits per heavy atom. The van der Waals surface area contributed by atoms with Crippen LogP contribution < -0.4 is 5.32 Å². The number of rotatable bonds is 9. The number of amides is 1. The van der Waals surface area contributed by atoms with Gasteiger partial charge in [0.15, 0.2) is 0 Å². The summed E-state index contributed by atoms with van der Waals surface area (Å²) in [7, 11) is 0. The van der Waals surface area contributed by atoms with Crippen LogP contribution in [0.25, 0.3) is 0 Å². The van der Waals surface area contributed by atoms with Crippen LogP contribution in [0.1, 0.15) is 27.2 Å². The molecule has 0 aliphatic rings. The van der Waals surface area contributed by atoms with E-state index in [0.717, 1.165) is 0 Å². The van der Waals surface area contributed by atoms with Gasteiger partial charge in [0.1, 0.15) is 5.78 Å². The van der Waals surface area contributed by atoms with Gasteiger partial charge in [0, 0.05) is 26.6 Å². The van der Waals surface area contributed by atoms with Crippen molar-refractivity contribution in [3.8, 4) is 0 Å². The second kappa shape index (κ2) is 8.63. The van der Waals surface area contributed by atoms with Crippen molar-refractivity contribution in [2.45, 2.75) is 27.2 Å². The Morgan fingerprint density at radius 1 is 1.28 bits per heavy atom. The summed E-state index contributed by atoms with van der Waals surface area (Å²) in [6, 6.07) is 0. The second-order valence-corrected chi connectivity index (χ2v) is 4.51. The molecule has 0 aromatic carbocycles. The van der Waals surface area contributed by atoms with Gasteiger partial charge in [-0.15, -0.1) is 0 Å². The maximum absolute atomic E-state index is 11.1. The van der Waals surface area contributed by atoms with Crippen molar-refractivity contribution in [1.82, 2.24) is 10.2 Å². The summed E-state index contributed by atoms with van der Waals surface area (Å²) in [5.74, 6) is -1.46. The van der Waals surface area contributed by atoms with Gasteiger partial charge in [0.2, 0.25) is 5.91 Å². The van der Waals surface area contributed by atoms with Gasteiger partial charge in [0.05, 0.1) is 12.5 Å². The summed E-state index contributed by atoms with van der Waals surface area (Å²) in [5.41, 5.74) is 0. The normalized spacial score (nSPS) is 12.2. The van der Waals surface area contributed by atoms with Gasteiger partial charge in [-0.3, -0.25) is 19.3 Å². The van der Waals surface area contributed by atoms with E-state index >= 15 is 0 Å². The van der Waals surface area contributed by atoms with Crippen LogP contribution in [0.5, 0.6) is 0 Å². The molecule has 104 valence electrons. The zero-order chi connectivity index (χ0) is 14.1. The highest BCUT2D eigenvalue weighted by molar-refractivity contribution is 5.77. The largest absolute Gasteiger partial charge is 0.481 e. The lowest BCUT2D eigenvalue weighted by atomic mass is 10.1. The Balaban J connectivity index is 4.10. The minimum absolute atomic E-state index is 0.00659. The van der Waals surface area contributed by atoms with Crippen molar-refractivity contribution in [3.63, 3.8) is 0 Å². The first-order valence-electron chi connectivity index (χ1n) is 6.02. The molecule has 0 spiro atoms. The minimum atomic E-state index is -0.870. The van der Waals surface area contributed by atoms with Gasteiger partial charge >= 0.3 is 5.97 Å². The zero-order valence-corrected chi connectivity index (χ0v) is 11.2. The molecule has 0 bridgehead atoms. The fourth-order valence-electron chi connectivity index (χ4n) is 1.58. The van der Waals surface area contributed by atoms with Crippen molar-refractivity contribution >= 4 is 17.7 Å². The van der Waals surface area contributed by atoms with Crippen LogP contribution in [0.15, 0.2) is 0 Å². The molecule has 0 fully saturated rings. The molecular formula is C12H22N2O4. The number of aliphatic carboxylic acids is 1. The first-order chi connectivity index (χ1) is 8.32. The van der Waals surface area contributed by atoms with Crippen LogP contribution in [-0.4, -0.2) is 53.8 Å². The highest BCUT2D eigenvalue weighted by Crippen LogP contribution is 2.01. The molecule has 0 heterocycles. The van der Waals surface area contributed by atoms with Gasteiger partial charge in [-0.2, -0.15) is 0 Å². The Labute approximate surface area is 107 Å². The Morgan fingerprint density at radius 3 is 2.33 bits per heavy atom. The van der Waals surface area contributed by atoms with E-state index in [1.165, 1.54) is 13.8 Å². The van der Waals surface area contributed by atoms with E-state index < -0.39 is 11.9 Å². The van der Waals surface area contributed by atoms with Gasteiger partial charge in [0.25, 0.3) is 0 Å². The van der Waals surface area contributed by atoms with E-state index in [4.69, 9.17) is 5.11 Å². The summed E-state index contributed by atoms with van der Waals surface area (Å²) >= 11 is 0. The van der Waals surface area contributed by atoms with Crippen LogP contribution in [-0.2, 0) is 14.4 Å². The van der Waals surface area contributed by atoms with E-state index in [1.807, 2.05) is 4.90 Å². The third-order valence-electron chi connectivity index (χ3n) is 2.42. The predicted octanol–water partition coefficient (Wildman–Crippen LogP) is 0.124. The average molecular weight is 258 g/mol. The Hall–Kier alpha value is -1.43. The summed E-state index contributed by atoms with van der Waals surface area (Å²) in [5, 5.41) is 11.5. The number of nitrogens with one attached hydrogen (secondary N) is 1. The van der Waals surface area contributed by atoms with Crippen LogP contribution >= 0.6 is 0 Å². The number of carboxylic acid groups (broad SMARTS) is 1. The molecule has 0 aliphatic carbocycles. The molecule has 0 saturated carbocycles. The standard InChI is InChI=1S/C12H22N2O4/c1-9(12(17)18)7-14(8-10(2)15)6-4-5-13-11(3)16/h9H,4-8H2,1-3H3,(H,13,16)(H,17,18). The fraction of sp³-hybridized carbons (Fsp3) is 0.750. The molecule has 0 radical (unpaired) electrons. The minimum Gasteiger partial charge on any atom is -0.481 e. The maximum Gasteiger partial charge on any atom is 0.307 e. The van der Waals surface area contributed by atoms with Crippen LogP contribution in [0.2, 0.25) is 0 Å². The highest BCUT2D eigenvalue weighted by Gasteiger charge is 2.16. The van der Waals surface area contributed by atoms with Gasteiger partial charge in [-0.1, -0.05) is 6.92 Å². The van der Waals surface area contributed by atoms with Crippen molar-refractivity contribution < 1.29 is 19.5 Å². The number of hydrogen-bond acceptors (Lipinski definition) is 4. The number of Topliss-reactive ketones (excluding diaryl/α,β-unsaturated/α-hetero) is 1. The molecule has 6 heteroatoms. The molecule has 0 aromatic heterocycles. The molecule has 0 aromatic rings. The van der Waals surface area contributed by atoms with Crippen LogP contribution in [0, 0.1) is 5.92 Å². The molecule has 1 amide bonds. The summed E-state index contributed by atoms with van der Waals surface area (Å²) in [6.07, 6.45) is 0.694. The van der Waals surface area contributed by atoms with Gasteiger partial charge < -0.3 is 10.4 Å². The molecule has 6 nitrogen and oxygen atoms in total. The van der Waals surface area contributed by atoms with Crippen molar-refractivity contribution in [1.29, 1.82) is 0 Å². The number of nitrogens with zero attached hydrogens (tertiary/aromatic N) is 1. The van der Waals surface area contributed by atoms with Gasteiger partial charge in [-0.25, -0.2) is 0 Å². The number of ketones is 1. The SMILES string of the molecule is CC(=O)CN(CCCNC(C)=O)CC(C)C(=O)O. The highest BCUT2D eigenvalue weighted by atomic mass is 16.4. The number of hydrogen-bond donors (Lipinski definition) is 2. The molecule has 0 saturated heterocycles. The fourth-order valence-corrected chi connectivity index (χ4v) is 1.58. The Bertz CT molecular complexity index is 304. The molecule has 2 N–H and O–H groups in total. The van der Waals surface area contributed by atoms with E-state index in [-0.39, 0.29) is 18.2 Å². The van der Waals surface area contributed by atoms with E-state index in [9.17, 15) is 14.4 Å². The quantitative estimate of drug-likeness (QED) is 0.574. The third kappa shape index (κ3) is 8.69. The third-order valence-corrected chi connectivity index (χ3v) is 2.42. The number of carbonyl (C=O) groups is 3. The van der Waals surface area contributed by atoms with Gasteiger partial charge in [-0.05, 0) is 13.3 Å². The predicted molar refractivity (Wildman–Crippen MR) is 67.2 cm³/mol. The topological polar surface area (TPSA) is 86.7 Å². The molecule has 18 heavy (non-hydrogen) atoms. The lowest BCUT2D eigenvalue weighted by molar-refractivity contribution is -0.142. The lowest BCUT2D eigenvalue weighted by Crippen LogP contribution is -2.37. The van der Waals surface area contributed by atoms with Crippen molar-refractivity contribution in [3.05, 3.63) is 0 Å². The first-order valence-corrected chi connectivity index (χ1v) is 6.02. The summed E-state index contributed by atoms with van der Waals surface area (Å²) in [6.45, 7) is 6.25. The second-order valence-electron chi connectivity index (χ2n) is 4.51. The van der Waals surface area contributed by atoms with E-state index in [1.54, 1.807) is 6.92 Å². The summed E-state index contributed by atoms with van der Waals surface area (Å²) < 4.78 is 0. The molecule has 0 aliphatic heterocycles. The number of carbonyl (C=O) groups excluding carboxylic acids is 2. The number of carboxylic acids is 1. The average Bonchev–Trinajstić information content (AvgIpc) is 2.22. The lowest BCUT2D eigenvalue weighted by Gasteiger charge is -2.22. The molecular weight excluding hydrogens is 236 g/mol. The smallest absolute Gasteiger partial charge is 0.307 e. The first kappa shape index (κ1) is 16.6. The summed E-state index contributed by atoms with van der Waals surface area (Å²) in [4.78, 5) is 34.3. The Kier molecular flexibility index (Phi) is 7.94. The molecule has 1 unspecified atom stereocenters. The van der Waals surface area contributed by atoms with Crippen LogP contribution in [0.3, 0.4) is 0 Å². The zero-order valence-electron chi connectivity index (χ0n) is 11.2. The molecule has 0 rings (SSSR count). The van der Waals surface area contributed by atoms with E-state index in [0.29, 0.717) is 26.1 Å². The van der Waals surface area contributed by atoms with E-state index in [2.05, 4.69) is 5.32 Å². The van der Waals surface area contributed by atoms with Crippen LogP contribution in [0.4, 0.5) is 0 Å². The maximum atomic E-state index is 11.1. The molecule has 1 atom stereocenters. The van der Waals surface area contributed by atoms with Crippen molar-refractivity contribution in [2.75, 3.05) is 26.2 Å².